The van der Waals surface area contributed by atoms with Crippen molar-refractivity contribution in [3.05, 3.63) is 30.0 Å². The minimum absolute atomic E-state index is 0.519. The van der Waals surface area contributed by atoms with Gasteiger partial charge in [-0.05, 0) is 25.1 Å². The first-order chi connectivity index (χ1) is 6.79. The number of hydrogen-bond donors (Lipinski definition) is 1. The van der Waals surface area contributed by atoms with E-state index < -0.39 is 0 Å². The molecular weight excluding hydrogens is 178 g/mol. The highest BCUT2D eigenvalue weighted by molar-refractivity contribution is 5.81. The Morgan fingerprint density at radius 1 is 1.36 bits per heavy atom. The first kappa shape index (κ1) is 9.09. The van der Waals surface area contributed by atoms with Crippen LogP contribution in [0.25, 0.3) is 11.0 Å². The number of nitrogens with two attached hydrogens (primary N) is 1. The molecule has 2 aromatic rings. The molecule has 0 unspecified atom stereocenters. The summed E-state index contributed by atoms with van der Waals surface area (Å²) >= 11 is 0. The molecule has 3 heteroatoms. The van der Waals surface area contributed by atoms with Crippen LogP contribution in [0.5, 0.6) is 0 Å². The van der Waals surface area contributed by atoms with Crippen LogP contribution in [0.15, 0.2) is 28.7 Å². The van der Waals surface area contributed by atoms with Gasteiger partial charge in [-0.15, -0.1) is 0 Å². The van der Waals surface area contributed by atoms with Gasteiger partial charge < -0.3 is 14.9 Å². The van der Waals surface area contributed by atoms with E-state index in [0.717, 1.165) is 22.4 Å². The van der Waals surface area contributed by atoms with E-state index in [1.165, 1.54) is 0 Å². The number of hydrogen-bond acceptors (Lipinski definition) is 3. The summed E-state index contributed by atoms with van der Waals surface area (Å²) in [5.41, 5.74) is 7.18. The third-order valence-electron chi connectivity index (χ3n) is 2.04. The lowest BCUT2D eigenvalue weighted by Crippen LogP contribution is -1.88. The number of fused-ring (bicyclic) bond motifs is 1. The Kier molecular flexibility index (Phi) is 2.41. The Labute approximate surface area is 82.5 Å². The van der Waals surface area contributed by atoms with Gasteiger partial charge >= 0.3 is 0 Å². The van der Waals surface area contributed by atoms with Gasteiger partial charge in [-0.1, -0.05) is 0 Å². The molecule has 0 saturated carbocycles. The van der Waals surface area contributed by atoms with E-state index >= 15 is 0 Å². The number of rotatable bonds is 3. The molecule has 0 aliphatic carbocycles. The first-order valence-corrected chi connectivity index (χ1v) is 4.65. The van der Waals surface area contributed by atoms with Crippen molar-refractivity contribution in [2.75, 3.05) is 12.3 Å². The third kappa shape index (κ3) is 1.72. The largest absolute Gasteiger partial charge is 0.459 e. The van der Waals surface area contributed by atoms with Gasteiger partial charge in [0.15, 0.2) is 0 Å². The SMILES string of the molecule is CCOCc1cc2ccc(N)cc2o1. The van der Waals surface area contributed by atoms with Crippen molar-refractivity contribution >= 4 is 16.7 Å². The maximum atomic E-state index is 5.64. The lowest BCUT2D eigenvalue weighted by atomic mass is 10.2. The van der Waals surface area contributed by atoms with Crippen molar-refractivity contribution in [3.8, 4) is 0 Å². The van der Waals surface area contributed by atoms with E-state index in [1.54, 1.807) is 0 Å². The number of nitrogen functional groups attached to an aromatic ring is 1. The van der Waals surface area contributed by atoms with Crippen molar-refractivity contribution in [2.24, 2.45) is 0 Å². The molecule has 1 heterocycles. The van der Waals surface area contributed by atoms with Gasteiger partial charge in [-0.2, -0.15) is 0 Å². The summed E-state index contributed by atoms with van der Waals surface area (Å²) in [7, 11) is 0. The van der Waals surface area contributed by atoms with Crippen LogP contribution < -0.4 is 5.73 Å². The summed E-state index contributed by atoms with van der Waals surface area (Å²) in [6.45, 7) is 3.17. The van der Waals surface area contributed by atoms with E-state index in [0.29, 0.717) is 13.2 Å². The first-order valence-electron chi connectivity index (χ1n) is 4.65. The third-order valence-corrected chi connectivity index (χ3v) is 2.04. The number of ether oxygens (including phenoxy) is 1. The molecule has 0 fully saturated rings. The van der Waals surface area contributed by atoms with Crippen molar-refractivity contribution < 1.29 is 9.15 Å². The van der Waals surface area contributed by atoms with Crippen LogP contribution in [0, 0.1) is 0 Å². The average Bonchev–Trinajstić information content (AvgIpc) is 2.56. The summed E-state index contributed by atoms with van der Waals surface area (Å²) in [4.78, 5) is 0. The summed E-state index contributed by atoms with van der Waals surface area (Å²) < 4.78 is 10.8. The minimum atomic E-state index is 0.519. The Morgan fingerprint density at radius 3 is 3.00 bits per heavy atom. The maximum absolute atomic E-state index is 5.64. The number of benzene rings is 1. The van der Waals surface area contributed by atoms with Gasteiger partial charge in [-0.3, -0.25) is 0 Å². The lowest BCUT2D eigenvalue weighted by Gasteiger charge is -1.94. The van der Waals surface area contributed by atoms with Crippen molar-refractivity contribution in [1.82, 2.24) is 0 Å². The van der Waals surface area contributed by atoms with Crippen molar-refractivity contribution in [1.29, 1.82) is 0 Å². The van der Waals surface area contributed by atoms with E-state index in [2.05, 4.69) is 0 Å². The van der Waals surface area contributed by atoms with E-state index in [1.807, 2.05) is 31.2 Å². The molecule has 2 rings (SSSR count). The lowest BCUT2D eigenvalue weighted by molar-refractivity contribution is 0.119. The molecule has 2 N–H and O–H groups in total. The van der Waals surface area contributed by atoms with Crippen LogP contribution in [-0.2, 0) is 11.3 Å². The molecule has 0 saturated heterocycles. The molecule has 3 nitrogen and oxygen atoms in total. The van der Waals surface area contributed by atoms with Gasteiger partial charge in [0.05, 0.1) is 0 Å². The zero-order chi connectivity index (χ0) is 9.97. The Bertz CT molecular complexity index is 434. The number of furan rings is 1. The van der Waals surface area contributed by atoms with Crippen LogP contribution in [0.2, 0.25) is 0 Å². The summed E-state index contributed by atoms with van der Waals surface area (Å²) in [5.74, 6) is 0.840. The Balaban J connectivity index is 2.32. The molecule has 0 amide bonds. The predicted molar refractivity (Wildman–Crippen MR) is 56.0 cm³/mol. The standard InChI is InChI=1S/C11H13NO2/c1-2-13-7-10-5-8-3-4-9(12)6-11(8)14-10/h3-6H,2,7,12H2,1H3. The fraction of sp³-hybridized carbons (Fsp3) is 0.273. The second kappa shape index (κ2) is 3.72. The molecule has 1 aromatic heterocycles. The maximum Gasteiger partial charge on any atom is 0.136 e. The van der Waals surface area contributed by atoms with E-state index in [-0.39, 0.29) is 0 Å². The molecule has 0 atom stereocenters. The van der Waals surface area contributed by atoms with Crippen LogP contribution >= 0.6 is 0 Å². The quantitative estimate of drug-likeness (QED) is 0.758. The van der Waals surface area contributed by atoms with Gasteiger partial charge in [0, 0.05) is 23.7 Å². The average molecular weight is 191 g/mol. The molecule has 0 bridgehead atoms. The molecule has 0 radical (unpaired) electrons. The van der Waals surface area contributed by atoms with E-state index in [4.69, 9.17) is 14.9 Å². The second-order valence-electron chi connectivity index (χ2n) is 3.15. The summed E-state index contributed by atoms with van der Waals surface area (Å²) in [6, 6.07) is 7.61. The Morgan fingerprint density at radius 2 is 2.21 bits per heavy atom. The van der Waals surface area contributed by atoms with Crippen LogP contribution in [0.4, 0.5) is 5.69 Å². The van der Waals surface area contributed by atoms with Gasteiger partial charge in [0.1, 0.15) is 18.0 Å². The van der Waals surface area contributed by atoms with Crippen LogP contribution in [-0.4, -0.2) is 6.61 Å². The smallest absolute Gasteiger partial charge is 0.136 e. The molecule has 1 aromatic carbocycles. The molecule has 14 heavy (non-hydrogen) atoms. The van der Waals surface area contributed by atoms with Crippen molar-refractivity contribution in [2.45, 2.75) is 13.5 Å². The Hall–Kier alpha value is -1.48. The van der Waals surface area contributed by atoms with Gasteiger partial charge in [0.2, 0.25) is 0 Å². The molecule has 74 valence electrons. The minimum Gasteiger partial charge on any atom is -0.459 e. The monoisotopic (exact) mass is 191 g/mol. The molecule has 0 aliphatic heterocycles. The highest BCUT2D eigenvalue weighted by atomic mass is 16.5. The molecule has 0 aliphatic rings. The number of anilines is 1. The highest BCUT2D eigenvalue weighted by Crippen LogP contribution is 2.21. The highest BCUT2D eigenvalue weighted by Gasteiger charge is 2.03. The fourth-order valence-corrected chi connectivity index (χ4v) is 1.38. The predicted octanol–water partition coefficient (Wildman–Crippen LogP) is 2.55. The summed E-state index contributed by atoms with van der Waals surface area (Å²) in [6.07, 6.45) is 0. The zero-order valence-corrected chi connectivity index (χ0v) is 8.12. The zero-order valence-electron chi connectivity index (χ0n) is 8.12. The van der Waals surface area contributed by atoms with Gasteiger partial charge in [-0.25, -0.2) is 0 Å². The second-order valence-corrected chi connectivity index (χ2v) is 3.15. The topological polar surface area (TPSA) is 48.4 Å². The molecular formula is C11H13NO2. The van der Waals surface area contributed by atoms with Crippen LogP contribution in [0.1, 0.15) is 12.7 Å². The van der Waals surface area contributed by atoms with Crippen LogP contribution in [0.3, 0.4) is 0 Å². The summed E-state index contributed by atoms with van der Waals surface area (Å²) in [5, 5.41) is 1.06. The fourth-order valence-electron chi connectivity index (χ4n) is 1.38. The van der Waals surface area contributed by atoms with Crippen molar-refractivity contribution in [3.63, 3.8) is 0 Å². The molecule has 0 spiro atoms. The van der Waals surface area contributed by atoms with Gasteiger partial charge in [0.25, 0.3) is 0 Å². The van der Waals surface area contributed by atoms with E-state index in [9.17, 15) is 0 Å². The normalized spacial score (nSPS) is 10.9.